The fourth-order valence-corrected chi connectivity index (χ4v) is 11.9. The molecule has 1 aromatic carbocycles. The van der Waals surface area contributed by atoms with E-state index < -0.39 is 69.6 Å². The Kier molecular flexibility index (Phi) is 6.37. The van der Waals surface area contributed by atoms with E-state index >= 15 is 0 Å². The molecule has 0 spiro atoms. The number of benzene rings is 1. The van der Waals surface area contributed by atoms with Gasteiger partial charge in [-0.15, -0.1) is 0 Å². The van der Waals surface area contributed by atoms with Crippen molar-refractivity contribution in [1.29, 1.82) is 0 Å². The molecule has 0 saturated carbocycles. The molecule has 1 aromatic rings. The third-order valence-corrected chi connectivity index (χ3v) is 14.7. The Bertz CT molecular complexity index is 1200. The zero-order valence-electron chi connectivity index (χ0n) is 14.5. The highest BCUT2D eigenvalue weighted by atomic mass is 32.3. The highest BCUT2D eigenvalue weighted by molar-refractivity contribution is 8.23. The first-order valence-electron chi connectivity index (χ1n) is 6.71. The van der Waals surface area contributed by atoms with E-state index in [9.17, 15) is 46.6 Å². The third kappa shape index (κ3) is 5.01. The molecule has 0 saturated heterocycles. The first kappa shape index (κ1) is 24.8. The van der Waals surface area contributed by atoms with E-state index in [0.717, 1.165) is 0 Å². The summed E-state index contributed by atoms with van der Waals surface area (Å²) in [5.74, 6) is -0.557. The van der Waals surface area contributed by atoms with Crippen LogP contribution in [0.25, 0.3) is 0 Å². The van der Waals surface area contributed by atoms with Gasteiger partial charge in [0.25, 0.3) is 0 Å². The van der Waals surface area contributed by atoms with Crippen LogP contribution < -0.4 is 4.18 Å². The van der Waals surface area contributed by atoms with Crippen molar-refractivity contribution >= 4 is 49.7 Å². The second-order valence-corrected chi connectivity index (χ2v) is 16.5. The summed E-state index contributed by atoms with van der Waals surface area (Å²) in [6.07, 6.45) is 1.20. The lowest BCUT2D eigenvalue weighted by Gasteiger charge is -2.27. The summed E-state index contributed by atoms with van der Waals surface area (Å²) < 4.78 is 128. The van der Waals surface area contributed by atoms with Crippen molar-refractivity contribution in [3.63, 3.8) is 0 Å². The van der Waals surface area contributed by atoms with Crippen LogP contribution in [0.4, 0.5) is 0 Å². The zero-order valence-corrected chi connectivity index (χ0v) is 18.6. The zero-order chi connectivity index (χ0) is 22.4. The van der Waals surface area contributed by atoms with Crippen LogP contribution in [0.15, 0.2) is 24.3 Å². The summed E-state index contributed by atoms with van der Waals surface area (Å²) in [4.78, 5) is 0. The van der Waals surface area contributed by atoms with Crippen LogP contribution >= 0.6 is 0 Å². The second kappa shape index (κ2) is 7.21. The molecule has 0 fully saturated rings. The van der Waals surface area contributed by atoms with Crippen molar-refractivity contribution in [1.82, 2.24) is 0 Å². The average Bonchev–Trinajstić information content (AvgIpc) is 2.32. The summed E-state index contributed by atoms with van der Waals surface area (Å²) in [7, 11) is -24.4. The maximum Gasteiger partial charge on any atom is 0.323 e. The summed E-state index contributed by atoms with van der Waals surface area (Å²) in [5.41, 5.74) is -0.923. The quantitative estimate of drug-likeness (QED) is 0.320. The van der Waals surface area contributed by atoms with Crippen molar-refractivity contribution in [3.05, 3.63) is 29.8 Å². The molecule has 0 aromatic heterocycles. The monoisotopic (exact) mass is 500 g/mol. The first-order chi connectivity index (χ1) is 12.1. The number of rotatable bonds is 8. The molecular weight excluding hydrogens is 484 g/mol. The van der Waals surface area contributed by atoms with Crippen LogP contribution in [0.2, 0.25) is 0 Å². The number of hydrogen-bond donors (Lipinski definition) is 1. The molecule has 0 bridgehead atoms. The minimum Gasteiger partial charge on any atom is -0.382 e. The van der Waals surface area contributed by atoms with Gasteiger partial charge in [-0.05, 0) is 12.1 Å². The molecule has 162 valence electrons. The van der Waals surface area contributed by atoms with Crippen LogP contribution in [0, 0.1) is 0 Å². The Balaban J connectivity index is 3.64. The largest absolute Gasteiger partial charge is 0.382 e. The van der Waals surface area contributed by atoms with Gasteiger partial charge in [-0.25, -0.2) is 25.3 Å². The van der Waals surface area contributed by atoms with Gasteiger partial charge in [0.05, 0.1) is 0 Å². The minimum absolute atomic E-state index is 0.281. The maximum absolute atomic E-state index is 12.1. The Morgan fingerprint density at radius 3 is 1.46 bits per heavy atom. The van der Waals surface area contributed by atoms with E-state index in [-0.39, 0.29) is 12.5 Å². The molecular formula is C11H16O12S5. The van der Waals surface area contributed by atoms with Gasteiger partial charge in [0.2, 0.25) is 0 Å². The molecule has 28 heavy (non-hydrogen) atoms. The van der Waals surface area contributed by atoms with Crippen LogP contribution in [0.1, 0.15) is 5.56 Å². The lowest BCUT2D eigenvalue weighted by atomic mass is 10.2. The van der Waals surface area contributed by atoms with Crippen molar-refractivity contribution in [2.45, 2.75) is 3.41 Å². The highest BCUT2D eigenvalue weighted by Crippen LogP contribution is 2.41. The lowest BCUT2D eigenvalue weighted by molar-refractivity contribution is 0.468. The van der Waals surface area contributed by atoms with Crippen molar-refractivity contribution in [2.75, 3.05) is 23.9 Å². The van der Waals surface area contributed by atoms with E-state index in [4.69, 9.17) is 0 Å². The third-order valence-electron chi connectivity index (χ3n) is 3.11. The van der Waals surface area contributed by atoms with Gasteiger partial charge in [0.15, 0.2) is 34.6 Å². The minimum atomic E-state index is -5.78. The second-order valence-electron chi connectivity index (χ2n) is 5.78. The Morgan fingerprint density at radius 1 is 0.786 bits per heavy atom. The Hall–Kier alpha value is -1.27. The van der Waals surface area contributed by atoms with Gasteiger partial charge in [-0.3, -0.25) is 4.55 Å². The van der Waals surface area contributed by atoms with Gasteiger partial charge in [0, 0.05) is 24.3 Å². The maximum atomic E-state index is 12.1. The van der Waals surface area contributed by atoms with Gasteiger partial charge < -0.3 is 4.18 Å². The molecule has 0 unspecified atom stereocenters. The average molecular weight is 501 g/mol. The predicted octanol–water partition coefficient (Wildman–Crippen LogP) is -1.52. The normalized spacial score (nSPS) is 14.6. The van der Waals surface area contributed by atoms with Gasteiger partial charge in [0.1, 0.15) is 5.75 Å². The molecule has 1 rings (SSSR count). The molecule has 17 heteroatoms. The summed E-state index contributed by atoms with van der Waals surface area (Å²) in [6.45, 7) is 0. The topological polar surface area (TPSA) is 200 Å². The molecule has 0 atom stereocenters. The molecule has 12 nitrogen and oxygen atoms in total. The Morgan fingerprint density at radius 2 is 1.18 bits per heavy atom. The first-order valence-corrected chi connectivity index (χ1v) is 15.6. The lowest BCUT2D eigenvalue weighted by Crippen LogP contribution is -2.49. The van der Waals surface area contributed by atoms with E-state index in [1.54, 1.807) is 0 Å². The van der Waals surface area contributed by atoms with E-state index in [1.807, 2.05) is 0 Å². The van der Waals surface area contributed by atoms with Crippen molar-refractivity contribution in [3.8, 4) is 5.75 Å². The highest BCUT2D eigenvalue weighted by Gasteiger charge is 2.62. The molecule has 0 heterocycles. The van der Waals surface area contributed by atoms with Crippen LogP contribution in [-0.4, -0.2) is 70.5 Å². The van der Waals surface area contributed by atoms with Crippen LogP contribution in [0.3, 0.4) is 0 Å². The summed E-state index contributed by atoms with van der Waals surface area (Å²) in [6, 6.07) is 2.60. The van der Waals surface area contributed by atoms with Crippen LogP contribution in [0.5, 0.6) is 5.75 Å². The summed E-state index contributed by atoms with van der Waals surface area (Å²) in [5, 5.41) is -1.37. The molecule has 1 N–H and O–H groups in total. The SMILES string of the molecule is CS(=O)(=O)CS(=O)(=O)Oc1ccc(C(S(C)(=O)=O)(S(C)(=O)=O)S(=O)(=O)O)cc1. The molecule has 0 radical (unpaired) electrons. The standard InChI is InChI=1S/C11H16O12S5/c1-24(12,13)8-27(18,19)23-10-6-4-9(5-7-10)11(25(2,14)15,26(3,16)17)28(20,21)22/h4-7H,8H2,1-3H3,(H,20,21,22). The van der Waals surface area contributed by atoms with Crippen molar-refractivity contribution in [2.24, 2.45) is 0 Å². The van der Waals surface area contributed by atoms with Gasteiger partial charge in [-0.1, -0.05) is 12.1 Å². The fraction of sp³-hybridized carbons (Fsp3) is 0.455. The van der Waals surface area contributed by atoms with E-state index in [2.05, 4.69) is 4.18 Å². The Labute approximate surface area is 163 Å². The number of hydrogen-bond acceptors (Lipinski definition) is 11. The molecule has 0 amide bonds. The summed E-state index contributed by atoms with van der Waals surface area (Å²) >= 11 is 0. The number of sulfone groups is 3. The van der Waals surface area contributed by atoms with E-state index in [1.165, 1.54) is 0 Å². The van der Waals surface area contributed by atoms with Gasteiger partial charge >= 0.3 is 23.6 Å². The molecule has 0 aliphatic rings. The van der Waals surface area contributed by atoms with Crippen molar-refractivity contribution < 1.29 is 50.8 Å². The molecule has 0 aliphatic heterocycles. The smallest absolute Gasteiger partial charge is 0.323 e. The fourth-order valence-electron chi connectivity index (χ4n) is 2.38. The van der Waals surface area contributed by atoms with E-state index in [0.29, 0.717) is 30.5 Å². The van der Waals surface area contributed by atoms with Gasteiger partial charge in [-0.2, -0.15) is 16.8 Å². The predicted molar refractivity (Wildman–Crippen MR) is 98.6 cm³/mol. The van der Waals surface area contributed by atoms with Crippen LogP contribution in [-0.2, 0) is 53.2 Å². The molecule has 0 aliphatic carbocycles.